The smallest absolute Gasteiger partial charge is 0.318 e. The molecule has 0 atom stereocenters. The molecule has 1 aromatic rings. The van der Waals surface area contributed by atoms with Crippen molar-refractivity contribution < 1.29 is 9.90 Å². The molecule has 2 rings (SSSR count). The second kappa shape index (κ2) is 6.10. The van der Waals surface area contributed by atoms with Crippen LogP contribution in [-0.4, -0.2) is 17.7 Å². The van der Waals surface area contributed by atoms with Gasteiger partial charge in [0.05, 0.1) is 0 Å². The van der Waals surface area contributed by atoms with Gasteiger partial charge in [0.2, 0.25) is 0 Å². The fraction of sp³-hybridized carbons (Fsp3) is 0.357. The fourth-order valence-corrected chi connectivity index (χ4v) is 1.58. The Kier molecular flexibility index (Phi) is 4.23. The van der Waals surface area contributed by atoms with Crippen molar-refractivity contribution in [1.29, 1.82) is 0 Å². The Balaban J connectivity index is 1.61. The maximum absolute atomic E-state index is 11.4. The lowest BCUT2D eigenvalue weighted by atomic mass is 10.1. The number of urea groups is 1. The predicted molar refractivity (Wildman–Crippen MR) is 70.2 cm³/mol. The number of nitrogens with one attached hydrogen (secondary N) is 2. The van der Waals surface area contributed by atoms with Gasteiger partial charge in [-0.05, 0) is 42.9 Å². The van der Waals surface area contributed by atoms with Gasteiger partial charge in [0.25, 0.3) is 0 Å². The first-order chi connectivity index (χ1) is 8.74. The van der Waals surface area contributed by atoms with Crippen molar-refractivity contribution in [2.75, 3.05) is 6.54 Å². The van der Waals surface area contributed by atoms with Crippen LogP contribution in [0.3, 0.4) is 0 Å². The second-order valence-corrected chi connectivity index (χ2v) is 4.51. The quantitative estimate of drug-likeness (QED) is 0.745. The van der Waals surface area contributed by atoms with Crippen molar-refractivity contribution in [3.63, 3.8) is 0 Å². The first-order valence-electron chi connectivity index (χ1n) is 6.23. The molecule has 0 heterocycles. The highest BCUT2D eigenvalue weighted by atomic mass is 16.3. The molecule has 1 saturated carbocycles. The Bertz CT molecular complexity index is 422. The Labute approximate surface area is 107 Å². The average Bonchev–Trinajstić information content (AvgIpc) is 3.16. The van der Waals surface area contributed by atoms with Crippen LogP contribution < -0.4 is 10.6 Å². The Morgan fingerprint density at radius 3 is 2.72 bits per heavy atom. The Morgan fingerprint density at radius 1 is 1.33 bits per heavy atom. The molecule has 0 aliphatic heterocycles. The second-order valence-electron chi connectivity index (χ2n) is 4.51. The zero-order valence-electron chi connectivity index (χ0n) is 10.2. The SMILES string of the molecule is O=C(N/C=C/C1CC1)NCCc1ccc(O)cc1. The molecule has 4 nitrogen and oxygen atoms in total. The number of amides is 2. The normalized spacial score (nSPS) is 14.7. The van der Waals surface area contributed by atoms with E-state index in [1.807, 2.05) is 18.2 Å². The molecule has 0 unspecified atom stereocenters. The predicted octanol–water partition coefficient (Wildman–Crippen LogP) is 2.16. The van der Waals surface area contributed by atoms with Crippen molar-refractivity contribution >= 4 is 6.03 Å². The molecule has 0 aromatic heterocycles. The van der Waals surface area contributed by atoms with E-state index in [1.54, 1.807) is 18.3 Å². The average molecular weight is 246 g/mol. The lowest BCUT2D eigenvalue weighted by molar-refractivity contribution is 0.244. The van der Waals surface area contributed by atoms with Gasteiger partial charge in [-0.3, -0.25) is 0 Å². The Morgan fingerprint density at radius 2 is 2.06 bits per heavy atom. The molecule has 1 aromatic carbocycles. The molecule has 3 N–H and O–H groups in total. The molecule has 1 aliphatic carbocycles. The van der Waals surface area contributed by atoms with E-state index in [9.17, 15) is 4.79 Å². The third kappa shape index (κ3) is 4.49. The topological polar surface area (TPSA) is 61.4 Å². The van der Waals surface area contributed by atoms with E-state index in [0.717, 1.165) is 12.0 Å². The monoisotopic (exact) mass is 246 g/mol. The van der Waals surface area contributed by atoms with Crippen molar-refractivity contribution in [3.8, 4) is 5.75 Å². The van der Waals surface area contributed by atoms with E-state index >= 15 is 0 Å². The number of rotatable bonds is 5. The minimum absolute atomic E-state index is 0.175. The third-order valence-corrected chi connectivity index (χ3v) is 2.84. The summed E-state index contributed by atoms with van der Waals surface area (Å²) in [6.45, 7) is 0.577. The van der Waals surface area contributed by atoms with Crippen LogP contribution in [0.5, 0.6) is 5.75 Å². The molecule has 96 valence electrons. The highest BCUT2D eigenvalue weighted by Crippen LogP contribution is 2.29. The minimum atomic E-state index is -0.175. The van der Waals surface area contributed by atoms with Gasteiger partial charge in [0.15, 0.2) is 0 Å². The van der Waals surface area contributed by atoms with Gasteiger partial charge in [0, 0.05) is 12.7 Å². The van der Waals surface area contributed by atoms with E-state index < -0.39 is 0 Å². The molecule has 0 spiro atoms. The number of hydrogen-bond donors (Lipinski definition) is 3. The summed E-state index contributed by atoms with van der Waals surface area (Å²) in [5.41, 5.74) is 1.08. The van der Waals surface area contributed by atoms with Gasteiger partial charge < -0.3 is 15.7 Å². The molecule has 0 radical (unpaired) electrons. The lowest BCUT2D eigenvalue weighted by Crippen LogP contribution is -2.33. The van der Waals surface area contributed by atoms with Crippen LogP contribution in [0.2, 0.25) is 0 Å². The van der Waals surface area contributed by atoms with Gasteiger partial charge >= 0.3 is 6.03 Å². The molecule has 0 saturated heterocycles. The fourth-order valence-electron chi connectivity index (χ4n) is 1.58. The number of carbonyl (C=O) groups is 1. The summed E-state index contributed by atoms with van der Waals surface area (Å²) < 4.78 is 0. The number of carbonyl (C=O) groups excluding carboxylic acids is 1. The van der Waals surface area contributed by atoms with Crippen LogP contribution in [0.1, 0.15) is 18.4 Å². The lowest BCUT2D eigenvalue weighted by Gasteiger charge is -2.04. The van der Waals surface area contributed by atoms with Gasteiger partial charge in [-0.25, -0.2) is 4.79 Å². The van der Waals surface area contributed by atoms with E-state index in [0.29, 0.717) is 12.5 Å². The number of hydrogen-bond acceptors (Lipinski definition) is 2. The molecule has 4 heteroatoms. The molecule has 18 heavy (non-hydrogen) atoms. The summed E-state index contributed by atoms with van der Waals surface area (Å²) in [5, 5.41) is 14.6. The van der Waals surface area contributed by atoms with Crippen LogP contribution in [0.15, 0.2) is 36.5 Å². The van der Waals surface area contributed by atoms with Crippen molar-refractivity contribution in [2.24, 2.45) is 5.92 Å². The highest BCUT2D eigenvalue weighted by molar-refractivity contribution is 5.74. The highest BCUT2D eigenvalue weighted by Gasteiger charge is 2.16. The summed E-state index contributed by atoms with van der Waals surface area (Å²) in [7, 11) is 0. The first kappa shape index (κ1) is 12.5. The minimum Gasteiger partial charge on any atom is -0.508 e. The van der Waals surface area contributed by atoms with E-state index in [2.05, 4.69) is 10.6 Å². The van der Waals surface area contributed by atoms with E-state index in [-0.39, 0.29) is 11.8 Å². The standard InChI is InChI=1S/C14H18N2O2/c17-13-5-3-12(4-6-13)8-10-16-14(18)15-9-7-11-1-2-11/h3-7,9,11,17H,1-2,8,10H2,(H2,15,16,18)/b9-7+. The van der Waals surface area contributed by atoms with Crippen molar-refractivity contribution in [1.82, 2.24) is 10.6 Å². The molecular weight excluding hydrogens is 228 g/mol. The van der Waals surface area contributed by atoms with Crippen LogP contribution in [-0.2, 0) is 6.42 Å². The number of phenolic OH excluding ortho intramolecular Hbond substituents is 1. The summed E-state index contributed by atoms with van der Waals surface area (Å²) in [6, 6.07) is 6.82. The third-order valence-electron chi connectivity index (χ3n) is 2.84. The van der Waals surface area contributed by atoms with Crippen LogP contribution in [0, 0.1) is 5.92 Å². The molecule has 2 amide bonds. The summed E-state index contributed by atoms with van der Waals surface area (Å²) in [4.78, 5) is 11.4. The maximum Gasteiger partial charge on any atom is 0.318 e. The van der Waals surface area contributed by atoms with Crippen LogP contribution >= 0.6 is 0 Å². The maximum atomic E-state index is 11.4. The summed E-state index contributed by atoms with van der Waals surface area (Å²) in [5.74, 6) is 0.928. The molecular formula is C14H18N2O2. The number of aromatic hydroxyl groups is 1. The zero-order valence-corrected chi connectivity index (χ0v) is 10.2. The molecule has 1 fully saturated rings. The van der Waals surface area contributed by atoms with Crippen LogP contribution in [0.4, 0.5) is 4.79 Å². The largest absolute Gasteiger partial charge is 0.508 e. The van der Waals surface area contributed by atoms with Crippen molar-refractivity contribution in [3.05, 3.63) is 42.1 Å². The van der Waals surface area contributed by atoms with Crippen LogP contribution in [0.25, 0.3) is 0 Å². The summed E-state index contributed by atoms with van der Waals surface area (Å²) in [6.07, 6.45) is 6.97. The van der Waals surface area contributed by atoms with Gasteiger partial charge in [-0.2, -0.15) is 0 Å². The van der Waals surface area contributed by atoms with E-state index in [1.165, 1.54) is 12.8 Å². The van der Waals surface area contributed by atoms with Crippen molar-refractivity contribution in [2.45, 2.75) is 19.3 Å². The number of allylic oxidation sites excluding steroid dienone is 1. The van der Waals surface area contributed by atoms with Gasteiger partial charge in [0.1, 0.15) is 5.75 Å². The van der Waals surface area contributed by atoms with Gasteiger partial charge in [-0.15, -0.1) is 0 Å². The number of phenols is 1. The van der Waals surface area contributed by atoms with Gasteiger partial charge in [-0.1, -0.05) is 18.2 Å². The Hall–Kier alpha value is -1.97. The first-order valence-corrected chi connectivity index (χ1v) is 6.23. The summed E-state index contributed by atoms with van der Waals surface area (Å²) >= 11 is 0. The van der Waals surface area contributed by atoms with E-state index in [4.69, 9.17) is 5.11 Å². The number of benzene rings is 1. The molecule has 0 bridgehead atoms. The zero-order chi connectivity index (χ0) is 12.8. The molecule has 1 aliphatic rings.